The monoisotopic (exact) mass is 373 g/mol. The van der Waals surface area contributed by atoms with Crippen molar-refractivity contribution in [1.82, 2.24) is 15.0 Å². The molecule has 1 saturated heterocycles. The number of rotatable bonds is 5. The lowest BCUT2D eigenvalue weighted by atomic mass is 10.1. The maximum absolute atomic E-state index is 11.9. The SMILES string of the molecule is Cc1nc(-c2cccnc2)nc(NCc2ccc(N3CCCC3=O)cc2)c1C. The van der Waals surface area contributed by atoms with Gasteiger partial charge in [0.15, 0.2) is 5.82 Å². The van der Waals surface area contributed by atoms with E-state index in [4.69, 9.17) is 4.98 Å². The molecule has 6 nitrogen and oxygen atoms in total. The van der Waals surface area contributed by atoms with Gasteiger partial charge < -0.3 is 10.2 Å². The van der Waals surface area contributed by atoms with Gasteiger partial charge in [-0.25, -0.2) is 9.97 Å². The lowest BCUT2D eigenvalue weighted by Crippen LogP contribution is -2.23. The fourth-order valence-corrected chi connectivity index (χ4v) is 3.33. The van der Waals surface area contributed by atoms with Crippen molar-refractivity contribution in [2.24, 2.45) is 0 Å². The van der Waals surface area contributed by atoms with Crippen LogP contribution in [0.5, 0.6) is 0 Å². The second kappa shape index (κ2) is 7.76. The van der Waals surface area contributed by atoms with E-state index in [0.717, 1.165) is 46.9 Å². The zero-order valence-electron chi connectivity index (χ0n) is 16.1. The van der Waals surface area contributed by atoms with Crippen molar-refractivity contribution < 1.29 is 4.79 Å². The third kappa shape index (κ3) is 3.71. The van der Waals surface area contributed by atoms with Gasteiger partial charge in [0.1, 0.15) is 5.82 Å². The molecule has 1 fully saturated rings. The summed E-state index contributed by atoms with van der Waals surface area (Å²) in [6.07, 6.45) is 5.10. The smallest absolute Gasteiger partial charge is 0.227 e. The molecule has 1 aromatic carbocycles. The molecule has 1 amide bonds. The second-order valence-electron chi connectivity index (χ2n) is 7.02. The first-order valence-electron chi connectivity index (χ1n) is 9.50. The summed E-state index contributed by atoms with van der Waals surface area (Å²) in [6.45, 7) is 5.47. The topological polar surface area (TPSA) is 71.0 Å². The number of aryl methyl sites for hydroxylation is 1. The summed E-state index contributed by atoms with van der Waals surface area (Å²) in [4.78, 5) is 27.2. The van der Waals surface area contributed by atoms with Crippen LogP contribution in [0.15, 0.2) is 48.8 Å². The number of benzene rings is 1. The molecule has 3 heterocycles. The van der Waals surface area contributed by atoms with Gasteiger partial charge in [-0.1, -0.05) is 12.1 Å². The Hall–Kier alpha value is -3.28. The Balaban J connectivity index is 1.50. The number of carbonyl (C=O) groups excluding carboxylic acids is 1. The largest absolute Gasteiger partial charge is 0.366 e. The quantitative estimate of drug-likeness (QED) is 0.734. The van der Waals surface area contributed by atoms with Crippen molar-refractivity contribution in [2.75, 3.05) is 16.8 Å². The maximum Gasteiger partial charge on any atom is 0.227 e. The molecule has 142 valence electrons. The summed E-state index contributed by atoms with van der Waals surface area (Å²) in [7, 11) is 0. The van der Waals surface area contributed by atoms with Crippen molar-refractivity contribution in [3.8, 4) is 11.4 Å². The van der Waals surface area contributed by atoms with Crippen LogP contribution in [0.25, 0.3) is 11.4 Å². The molecule has 0 radical (unpaired) electrons. The second-order valence-corrected chi connectivity index (χ2v) is 7.02. The zero-order valence-corrected chi connectivity index (χ0v) is 16.1. The van der Waals surface area contributed by atoms with E-state index in [-0.39, 0.29) is 5.91 Å². The number of hydrogen-bond acceptors (Lipinski definition) is 5. The van der Waals surface area contributed by atoms with Gasteiger partial charge in [-0.3, -0.25) is 9.78 Å². The van der Waals surface area contributed by atoms with E-state index >= 15 is 0 Å². The molecule has 4 rings (SSSR count). The summed E-state index contributed by atoms with van der Waals surface area (Å²) in [5.74, 6) is 1.70. The normalized spacial score (nSPS) is 13.8. The molecule has 6 heteroatoms. The lowest BCUT2D eigenvalue weighted by molar-refractivity contribution is -0.117. The average Bonchev–Trinajstić information content (AvgIpc) is 3.16. The van der Waals surface area contributed by atoms with E-state index < -0.39 is 0 Å². The molecule has 0 atom stereocenters. The first kappa shape index (κ1) is 18.1. The van der Waals surface area contributed by atoms with Crippen molar-refractivity contribution in [2.45, 2.75) is 33.2 Å². The van der Waals surface area contributed by atoms with Crippen LogP contribution >= 0.6 is 0 Å². The fraction of sp³-hybridized carbons (Fsp3) is 0.273. The Kier molecular flexibility index (Phi) is 5.02. The minimum atomic E-state index is 0.209. The fourth-order valence-electron chi connectivity index (χ4n) is 3.33. The van der Waals surface area contributed by atoms with Crippen molar-refractivity contribution in [1.29, 1.82) is 0 Å². The van der Waals surface area contributed by atoms with E-state index in [1.807, 2.05) is 43.0 Å². The number of amides is 1. The van der Waals surface area contributed by atoms with E-state index in [0.29, 0.717) is 18.8 Å². The van der Waals surface area contributed by atoms with Gasteiger partial charge in [0.25, 0.3) is 0 Å². The number of anilines is 2. The molecule has 0 aliphatic carbocycles. The summed E-state index contributed by atoms with van der Waals surface area (Å²) in [5, 5.41) is 3.43. The Morgan fingerprint density at radius 2 is 1.93 bits per heavy atom. The van der Waals surface area contributed by atoms with Gasteiger partial charge in [-0.2, -0.15) is 0 Å². The summed E-state index contributed by atoms with van der Waals surface area (Å²) >= 11 is 0. The molecule has 1 aliphatic heterocycles. The van der Waals surface area contributed by atoms with Crippen molar-refractivity contribution in [3.63, 3.8) is 0 Å². The van der Waals surface area contributed by atoms with Crippen molar-refractivity contribution >= 4 is 17.4 Å². The average molecular weight is 373 g/mol. The van der Waals surface area contributed by atoms with E-state index in [9.17, 15) is 4.79 Å². The first-order chi connectivity index (χ1) is 13.6. The van der Waals surface area contributed by atoms with E-state index in [1.54, 1.807) is 12.4 Å². The highest BCUT2D eigenvalue weighted by Crippen LogP contribution is 2.23. The molecule has 1 N–H and O–H groups in total. The van der Waals surface area contributed by atoms with Crippen LogP contribution in [-0.4, -0.2) is 27.4 Å². The lowest BCUT2D eigenvalue weighted by Gasteiger charge is -2.16. The summed E-state index contributed by atoms with van der Waals surface area (Å²) in [6, 6.07) is 12.0. The minimum absolute atomic E-state index is 0.209. The van der Waals surface area contributed by atoms with Gasteiger partial charge >= 0.3 is 0 Å². The molecule has 0 bridgehead atoms. The Morgan fingerprint density at radius 1 is 1.11 bits per heavy atom. The molecule has 3 aromatic rings. The Labute approximate surface area is 164 Å². The van der Waals surface area contributed by atoms with Crippen LogP contribution in [0, 0.1) is 13.8 Å². The number of pyridine rings is 1. The van der Waals surface area contributed by atoms with Gasteiger partial charge in [-0.05, 0) is 50.1 Å². The zero-order chi connectivity index (χ0) is 19.5. The number of nitrogens with one attached hydrogen (secondary N) is 1. The third-order valence-electron chi connectivity index (χ3n) is 5.09. The standard InChI is InChI=1S/C22H23N5O/c1-15-16(2)25-22(18-5-3-11-23-14-18)26-21(15)24-13-17-7-9-19(10-8-17)27-12-4-6-20(27)28/h3,5,7-11,14H,4,6,12-13H2,1-2H3,(H,24,25,26). The summed E-state index contributed by atoms with van der Waals surface area (Å²) < 4.78 is 0. The molecule has 0 spiro atoms. The maximum atomic E-state index is 11.9. The number of nitrogens with zero attached hydrogens (tertiary/aromatic N) is 4. The Morgan fingerprint density at radius 3 is 2.61 bits per heavy atom. The van der Waals surface area contributed by atoms with Crippen LogP contribution < -0.4 is 10.2 Å². The number of aromatic nitrogens is 3. The molecule has 1 aliphatic rings. The molecule has 28 heavy (non-hydrogen) atoms. The third-order valence-corrected chi connectivity index (χ3v) is 5.09. The van der Waals surface area contributed by atoms with Gasteiger partial charge in [0.05, 0.1) is 0 Å². The highest BCUT2D eigenvalue weighted by atomic mass is 16.2. The van der Waals surface area contributed by atoms with Crippen LogP contribution in [0.1, 0.15) is 29.7 Å². The number of carbonyl (C=O) groups is 1. The molecular formula is C22H23N5O. The van der Waals surface area contributed by atoms with Crippen LogP contribution in [0.4, 0.5) is 11.5 Å². The van der Waals surface area contributed by atoms with Crippen LogP contribution in [-0.2, 0) is 11.3 Å². The molecule has 0 saturated carbocycles. The predicted octanol–water partition coefficient (Wildman–Crippen LogP) is 3.89. The van der Waals surface area contributed by atoms with Crippen LogP contribution in [0.2, 0.25) is 0 Å². The highest BCUT2D eigenvalue weighted by Gasteiger charge is 2.21. The van der Waals surface area contributed by atoms with Crippen molar-refractivity contribution in [3.05, 3.63) is 65.6 Å². The van der Waals surface area contributed by atoms with Gasteiger partial charge in [0, 0.05) is 54.4 Å². The highest BCUT2D eigenvalue weighted by molar-refractivity contribution is 5.95. The van der Waals surface area contributed by atoms with Crippen LogP contribution in [0.3, 0.4) is 0 Å². The first-order valence-corrected chi connectivity index (χ1v) is 9.50. The number of hydrogen-bond donors (Lipinski definition) is 1. The molecular weight excluding hydrogens is 350 g/mol. The molecule has 0 unspecified atom stereocenters. The minimum Gasteiger partial charge on any atom is -0.366 e. The van der Waals surface area contributed by atoms with Gasteiger partial charge in [0.2, 0.25) is 5.91 Å². The summed E-state index contributed by atoms with van der Waals surface area (Å²) in [5.41, 5.74) is 4.98. The van der Waals surface area contributed by atoms with Gasteiger partial charge in [-0.15, -0.1) is 0 Å². The Bertz CT molecular complexity index is 986. The molecule has 2 aromatic heterocycles. The van der Waals surface area contributed by atoms with E-state index in [1.165, 1.54) is 0 Å². The van der Waals surface area contributed by atoms with E-state index in [2.05, 4.69) is 27.4 Å². The predicted molar refractivity (Wildman–Crippen MR) is 110 cm³/mol.